The van der Waals surface area contributed by atoms with E-state index < -0.39 is 30.4 Å². The lowest BCUT2D eigenvalue weighted by molar-refractivity contribution is -0.151. The van der Waals surface area contributed by atoms with Gasteiger partial charge < -0.3 is 24.5 Å². The third kappa shape index (κ3) is 1.69. The maximum atomic E-state index is 10.8. The zero-order valence-corrected chi connectivity index (χ0v) is 6.91. The molecule has 1 aliphatic heterocycles. The van der Waals surface area contributed by atoms with Gasteiger partial charge in [0.2, 0.25) is 0 Å². The first-order valence-electron chi connectivity index (χ1n) is 3.66. The second-order valence-corrected chi connectivity index (χ2v) is 2.67. The van der Waals surface area contributed by atoms with E-state index >= 15 is 0 Å². The molecule has 2 N–H and O–H groups in total. The predicted molar refractivity (Wildman–Crippen MR) is 38.8 cm³/mol. The first-order valence-corrected chi connectivity index (χ1v) is 3.66. The highest BCUT2D eigenvalue weighted by Gasteiger charge is 2.47. The number of esters is 1. The number of ether oxygens (including phenoxy) is 2. The van der Waals surface area contributed by atoms with Gasteiger partial charge in [-0.05, 0) is 0 Å². The van der Waals surface area contributed by atoms with E-state index in [1.807, 2.05) is 0 Å². The highest BCUT2D eigenvalue weighted by atomic mass is 16.6. The minimum Gasteiger partial charge on any atom is -0.454 e. The average Bonchev–Trinajstić information content (AvgIpc) is 2.42. The number of aliphatic hydroxyl groups excluding tert-OH is 2. The number of hydrogen-bond acceptors (Lipinski definition) is 6. The number of cyclic esters (lactones) is 1. The summed E-state index contributed by atoms with van der Waals surface area (Å²) < 4.78 is 9.25. The van der Waals surface area contributed by atoms with Crippen LogP contribution >= 0.6 is 0 Å². The lowest BCUT2D eigenvalue weighted by atomic mass is 10.1. The van der Waals surface area contributed by atoms with Crippen molar-refractivity contribution in [3.05, 3.63) is 0 Å². The zero-order valence-electron chi connectivity index (χ0n) is 6.91. The van der Waals surface area contributed by atoms with Crippen LogP contribution in [-0.2, 0) is 19.1 Å². The Bertz CT molecular complexity index is 215. The van der Waals surface area contributed by atoms with Crippen molar-refractivity contribution in [1.82, 2.24) is 0 Å². The van der Waals surface area contributed by atoms with Crippen molar-refractivity contribution in [2.75, 3.05) is 7.11 Å². The molecule has 0 radical (unpaired) electrons. The maximum Gasteiger partial charge on any atom is 0.338 e. The van der Waals surface area contributed by atoms with Crippen LogP contribution in [0.4, 0.5) is 0 Å². The van der Waals surface area contributed by atoms with Crippen LogP contribution in [0.5, 0.6) is 0 Å². The maximum absolute atomic E-state index is 10.8. The molecule has 6 nitrogen and oxygen atoms in total. The molecule has 1 rings (SSSR count). The summed E-state index contributed by atoms with van der Waals surface area (Å²) in [5, 5.41) is 18.2. The Morgan fingerprint density at radius 3 is 2.77 bits per heavy atom. The molecule has 74 valence electrons. The van der Waals surface area contributed by atoms with Gasteiger partial charge in [-0.25, -0.2) is 4.79 Å². The third-order valence-corrected chi connectivity index (χ3v) is 1.88. The number of carbonyl (C=O) groups excluding carboxylic acids is 2. The molecule has 0 aromatic heterocycles. The predicted octanol–water partition coefficient (Wildman–Crippen LogP) is -2.15. The first-order chi connectivity index (χ1) is 6.11. The summed E-state index contributed by atoms with van der Waals surface area (Å²) in [4.78, 5) is 21.0. The highest BCUT2D eigenvalue weighted by Crippen LogP contribution is 2.20. The minimum atomic E-state index is -1.47. The molecule has 0 spiro atoms. The second kappa shape index (κ2) is 3.82. The third-order valence-electron chi connectivity index (χ3n) is 1.88. The Labute approximate surface area is 74.1 Å². The van der Waals surface area contributed by atoms with Gasteiger partial charge in [0.05, 0.1) is 0 Å². The summed E-state index contributed by atoms with van der Waals surface area (Å²) in [7, 11) is 1.25. The van der Waals surface area contributed by atoms with E-state index in [0.717, 1.165) is 0 Å². The molecule has 1 heterocycles. The van der Waals surface area contributed by atoms with Gasteiger partial charge in [0.1, 0.15) is 12.2 Å². The van der Waals surface area contributed by atoms with E-state index in [-0.39, 0.29) is 6.29 Å². The van der Waals surface area contributed by atoms with Gasteiger partial charge in [0, 0.05) is 7.11 Å². The monoisotopic (exact) mass is 190 g/mol. The summed E-state index contributed by atoms with van der Waals surface area (Å²) in [5.74, 6) is -0.891. The van der Waals surface area contributed by atoms with Crippen molar-refractivity contribution < 1.29 is 29.3 Å². The van der Waals surface area contributed by atoms with Crippen molar-refractivity contribution in [1.29, 1.82) is 0 Å². The van der Waals surface area contributed by atoms with E-state index in [2.05, 4.69) is 4.74 Å². The lowest BCUT2D eigenvalue weighted by Gasteiger charge is -2.18. The molecule has 0 amide bonds. The summed E-state index contributed by atoms with van der Waals surface area (Å²) >= 11 is 0. The first kappa shape index (κ1) is 10.1. The molecule has 6 heteroatoms. The Hall–Kier alpha value is -0.980. The van der Waals surface area contributed by atoms with Gasteiger partial charge in [-0.1, -0.05) is 0 Å². The van der Waals surface area contributed by atoms with Gasteiger partial charge in [0.25, 0.3) is 0 Å². The van der Waals surface area contributed by atoms with Crippen molar-refractivity contribution in [3.63, 3.8) is 0 Å². The van der Waals surface area contributed by atoms with Gasteiger partial charge in [0.15, 0.2) is 18.5 Å². The molecule has 0 bridgehead atoms. The molecular weight excluding hydrogens is 180 g/mol. The number of aldehydes is 1. The quantitative estimate of drug-likeness (QED) is 0.389. The topological polar surface area (TPSA) is 93.1 Å². The summed E-state index contributed by atoms with van der Waals surface area (Å²) in [6.07, 6.45) is -4.80. The van der Waals surface area contributed by atoms with Crippen molar-refractivity contribution in [2.45, 2.75) is 24.4 Å². The van der Waals surface area contributed by atoms with Gasteiger partial charge in [-0.3, -0.25) is 0 Å². The summed E-state index contributed by atoms with van der Waals surface area (Å²) in [6, 6.07) is 0. The standard InChI is InChI=1S/C7H10O6/c1-12-6-4(10)7(11)13-5(6)3(9)2-8/h2-6,9-10H,1H3/t3-,4-,5-,6-/m1/s1. The summed E-state index contributed by atoms with van der Waals surface area (Å²) in [5.41, 5.74) is 0. The molecule has 1 fully saturated rings. The smallest absolute Gasteiger partial charge is 0.338 e. The van der Waals surface area contributed by atoms with Crippen LogP contribution in [0.2, 0.25) is 0 Å². The molecule has 0 unspecified atom stereocenters. The minimum absolute atomic E-state index is 0.224. The Morgan fingerprint density at radius 2 is 2.31 bits per heavy atom. The molecule has 0 aromatic rings. The van der Waals surface area contributed by atoms with Gasteiger partial charge in [-0.2, -0.15) is 0 Å². The number of hydrogen-bond donors (Lipinski definition) is 2. The average molecular weight is 190 g/mol. The van der Waals surface area contributed by atoms with Crippen molar-refractivity contribution in [3.8, 4) is 0 Å². The molecular formula is C7H10O6. The second-order valence-electron chi connectivity index (χ2n) is 2.67. The fraction of sp³-hybridized carbons (Fsp3) is 0.714. The van der Waals surface area contributed by atoms with Crippen LogP contribution < -0.4 is 0 Å². The Balaban J connectivity index is 2.75. The van der Waals surface area contributed by atoms with Crippen LogP contribution in [0.15, 0.2) is 0 Å². The molecule has 13 heavy (non-hydrogen) atoms. The van der Waals surface area contributed by atoms with Crippen LogP contribution in [0.3, 0.4) is 0 Å². The van der Waals surface area contributed by atoms with E-state index in [0.29, 0.717) is 0 Å². The zero-order chi connectivity index (χ0) is 10.0. The van der Waals surface area contributed by atoms with Crippen LogP contribution in [0.1, 0.15) is 0 Å². The van der Waals surface area contributed by atoms with Crippen LogP contribution in [-0.4, -0.2) is 54.0 Å². The molecule has 0 saturated carbocycles. The van der Waals surface area contributed by atoms with E-state index in [4.69, 9.17) is 14.9 Å². The molecule has 0 aromatic carbocycles. The number of rotatable bonds is 3. The fourth-order valence-electron chi connectivity index (χ4n) is 1.19. The van der Waals surface area contributed by atoms with Gasteiger partial charge >= 0.3 is 5.97 Å². The lowest BCUT2D eigenvalue weighted by Crippen LogP contribution is -2.40. The summed E-state index contributed by atoms with van der Waals surface area (Å²) in [6.45, 7) is 0. The normalized spacial score (nSPS) is 35.6. The molecule has 1 aliphatic rings. The molecule has 4 atom stereocenters. The van der Waals surface area contributed by atoms with E-state index in [1.54, 1.807) is 0 Å². The van der Waals surface area contributed by atoms with Crippen molar-refractivity contribution >= 4 is 12.3 Å². The number of carbonyl (C=O) groups is 2. The Kier molecular flexibility index (Phi) is 2.97. The fourth-order valence-corrected chi connectivity index (χ4v) is 1.19. The van der Waals surface area contributed by atoms with E-state index in [9.17, 15) is 9.59 Å². The highest BCUT2D eigenvalue weighted by molar-refractivity contribution is 5.78. The number of methoxy groups -OCH3 is 1. The van der Waals surface area contributed by atoms with Crippen LogP contribution in [0, 0.1) is 0 Å². The Morgan fingerprint density at radius 1 is 1.69 bits per heavy atom. The van der Waals surface area contributed by atoms with E-state index in [1.165, 1.54) is 7.11 Å². The molecule has 1 saturated heterocycles. The SMILES string of the molecule is CO[C@H]1[C@@H]([C@H](O)C=O)OC(=O)[C@@H]1O. The largest absolute Gasteiger partial charge is 0.454 e. The van der Waals surface area contributed by atoms with Crippen LogP contribution in [0.25, 0.3) is 0 Å². The molecule has 0 aliphatic carbocycles. The number of aliphatic hydroxyl groups is 2. The van der Waals surface area contributed by atoms with Crippen molar-refractivity contribution in [2.24, 2.45) is 0 Å². The van der Waals surface area contributed by atoms with Gasteiger partial charge in [-0.15, -0.1) is 0 Å².